The smallest absolute Gasteiger partial charge is 0.254 e. The standard InChI is InChI=1S/C13H19N3O2.ClH/c1-9(2)15-12(17)8-16(3)13(18)10-5-4-6-11(14)7-10;/h4-7,9H,8,14H2,1-3H3,(H,15,17);1H. The molecule has 0 spiro atoms. The van der Waals surface area contributed by atoms with Crippen LogP contribution in [0.1, 0.15) is 24.2 Å². The van der Waals surface area contributed by atoms with Gasteiger partial charge in [-0.15, -0.1) is 12.4 Å². The summed E-state index contributed by atoms with van der Waals surface area (Å²) >= 11 is 0. The predicted octanol–water partition coefficient (Wildman–Crippen LogP) is 1.29. The van der Waals surface area contributed by atoms with E-state index < -0.39 is 0 Å². The summed E-state index contributed by atoms with van der Waals surface area (Å²) in [5, 5.41) is 2.73. The number of carbonyl (C=O) groups is 2. The van der Waals surface area contributed by atoms with Crippen LogP contribution in [0.2, 0.25) is 0 Å². The van der Waals surface area contributed by atoms with Gasteiger partial charge in [-0.3, -0.25) is 9.59 Å². The Kier molecular flexibility index (Phi) is 6.93. The lowest BCUT2D eigenvalue weighted by Crippen LogP contribution is -2.40. The normalized spacial score (nSPS) is 9.68. The number of nitrogens with zero attached hydrogens (tertiary/aromatic N) is 1. The Labute approximate surface area is 119 Å². The molecule has 0 atom stereocenters. The second kappa shape index (κ2) is 7.63. The van der Waals surface area contributed by atoms with E-state index in [2.05, 4.69) is 5.32 Å². The number of anilines is 1. The van der Waals surface area contributed by atoms with Gasteiger partial charge in [0.2, 0.25) is 5.91 Å². The molecular weight excluding hydrogens is 266 g/mol. The SMILES string of the molecule is CC(C)NC(=O)CN(C)C(=O)c1cccc(N)c1.Cl. The molecule has 3 N–H and O–H groups in total. The summed E-state index contributed by atoms with van der Waals surface area (Å²) in [5.41, 5.74) is 6.62. The summed E-state index contributed by atoms with van der Waals surface area (Å²) in [6, 6.07) is 6.76. The molecular formula is C13H20ClN3O2. The summed E-state index contributed by atoms with van der Waals surface area (Å²) < 4.78 is 0. The van der Waals surface area contributed by atoms with Gasteiger partial charge in [-0.25, -0.2) is 0 Å². The number of nitrogens with one attached hydrogen (secondary N) is 1. The number of nitrogens with two attached hydrogens (primary N) is 1. The van der Waals surface area contributed by atoms with Gasteiger partial charge in [0.25, 0.3) is 5.91 Å². The third-order valence-electron chi connectivity index (χ3n) is 2.31. The van der Waals surface area contributed by atoms with E-state index in [0.29, 0.717) is 11.3 Å². The summed E-state index contributed by atoms with van der Waals surface area (Å²) in [4.78, 5) is 24.9. The van der Waals surface area contributed by atoms with Gasteiger partial charge in [0, 0.05) is 24.3 Å². The average Bonchev–Trinajstić information content (AvgIpc) is 2.26. The molecule has 6 heteroatoms. The first-order chi connectivity index (χ1) is 8.40. The molecule has 106 valence electrons. The lowest BCUT2D eigenvalue weighted by atomic mass is 10.2. The molecule has 0 saturated carbocycles. The van der Waals surface area contributed by atoms with Crippen LogP contribution in [-0.2, 0) is 4.79 Å². The molecule has 0 bridgehead atoms. The van der Waals surface area contributed by atoms with E-state index in [1.165, 1.54) is 4.90 Å². The molecule has 5 nitrogen and oxygen atoms in total. The number of amides is 2. The fourth-order valence-electron chi connectivity index (χ4n) is 1.55. The lowest BCUT2D eigenvalue weighted by molar-refractivity contribution is -0.122. The first-order valence-corrected chi connectivity index (χ1v) is 5.80. The highest BCUT2D eigenvalue weighted by Gasteiger charge is 2.15. The van der Waals surface area contributed by atoms with Crippen molar-refractivity contribution in [1.82, 2.24) is 10.2 Å². The zero-order valence-electron chi connectivity index (χ0n) is 11.3. The van der Waals surface area contributed by atoms with Gasteiger partial charge in [-0.2, -0.15) is 0 Å². The van der Waals surface area contributed by atoms with Gasteiger partial charge in [0.1, 0.15) is 0 Å². The fourth-order valence-corrected chi connectivity index (χ4v) is 1.55. The van der Waals surface area contributed by atoms with Crippen molar-refractivity contribution < 1.29 is 9.59 Å². The molecule has 0 aliphatic heterocycles. The van der Waals surface area contributed by atoms with Crippen LogP contribution < -0.4 is 11.1 Å². The molecule has 0 fully saturated rings. The van der Waals surface area contributed by atoms with E-state index in [4.69, 9.17) is 5.73 Å². The summed E-state index contributed by atoms with van der Waals surface area (Å²) in [7, 11) is 1.59. The number of nitrogen functional groups attached to an aromatic ring is 1. The molecule has 0 aromatic heterocycles. The number of hydrogen-bond acceptors (Lipinski definition) is 3. The molecule has 19 heavy (non-hydrogen) atoms. The van der Waals surface area contributed by atoms with E-state index >= 15 is 0 Å². The van der Waals surface area contributed by atoms with Gasteiger partial charge in [-0.05, 0) is 32.0 Å². The first-order valence-electron chi connectivity index (χ1n) is 5.80. The maximum atomic E-state index is 12.0. The third kappa shape index (κ3) is 5.61. The summed E-state index contributed by atoms with van der Waals surface area (Å²) in [6.07, 6.45) is 0. The molecule has 0 aliphatic carbocycles. The molecule has 1 rings (SSSR count). The molecule has 0 unspecified atom stereocenters. The van der Waals surface area contributed by atoms with Crippen molar-refractivity contribution in [2.24, 2.45) is 0 Å². The van der Waals surface area contributed by atoms with Crippen LogP contribution in [0.5, 0.6) is 0 Å². The van der Waals surface area contributed by atoms with Crippen molar-refractivity contribution >= 4 is 29.9 Å². The Hall–Kier alpha value is -1.75. The largest absolute Gasteiger partial charge is 0.399 e. The maximum absolute atomic E-state index is 12.0. The second-order valence-electron chi connectivity index (χ2n) is 4.51. The van der Waals surface area contributed by atoms with Gasteiger partial charge in [0.05, 0.1) is 6.54 Å². The number of carbonyl (C=O) groups excluding carboxylic acids is 2. The number of hydrogen-bond donors (Lipinski definition) is 2. The Morgan fingerprint density at radius 1 is 1.37 bits per heavy atom. The first kappa shape index (κ1) is 17.2. The minimum Gasteiger partial charge on any atom is -0.399 e. The minimum absolute atomic E-state index is 0. The van der Waals surface area contributed by atoms with E-state index in [1.54, 1.807) is 31.3 Å². The fraction of sp³-hybridized carbons (Fsp3) is 0.385. The Balaban J connectivity index is 0.00000324. The molecule has 0 aliphatic rings. The Morgan fingerprint density at radius 3 is 2.53 bits per heavy atom. The zero-order chi connectivity index (χ0) is 13.7. The van der Waals surface area contributed by atoms with E-state index in [9.17, 15) is 9.59 Å². The molecule has 1 aromatic carbocycles. The quantitative estimate of drug-likeness (QED) is 0.819. The van der Waals surface area contributed by atoms with Crippen molar-refractivity contribution in [2.75, 3.05) is 19.3 Å². The zero-order valence-corrected chi connectivity index (χ0v) is 12.2. The number of halogens is 1. The van der Waals surface area contributed by atoms with Crippen molar-refractivity contribution in [2.45, 2.75) is 19.9 Å². The molecule has 1 aromatic rings. The highest BCUT2D eigenvalue weighted by Crippen LogP contribution is 2.08. The van der Waals surface area contributed by atoms with Crippen LogP contribution in [-0.4, -0.2) is 36.3 Å². The summed E-state index contributed by atoms with van der Waals surface area (Å²) in [5.74, 6) is -0.397. The van der Waals surface area contributed by atoms with Crippen molar-refractivity contribution in [3.63, 3.8) is 0 Å². The highest BCUT2D eigenvalue weighted by molar-refractivity contribution is 5.97. The minimum atomic E-state index is -0.221. The predicted molar refractivity (Wildman–Crippen MR) is 78.3 cm³/mol. The Morgan fingerprint density at radius 2 is 2.00 bits per heavy atom. The monoisotopic (exact) mass is 285 g/mol. The lowest BCUT2D eigenvalue weighted by Gasteiger charge is -2.18. The van der Waals surface area contributed by atoms with E-state index in [-0.39, 0.29) is 36.8 Å². The number of benzene rings is 1. The molecule has 0 radical (unpaired) electrons. The van der Waals surface area contributed by atoms with Crippen LogP contribution in [0.15, 0.2) is 24.3 Å². The van der Waals surface area contributed by atoms with E-state index in [1.807, 2.05) is 13.8 Å². The van der Waals surface area contributed by atoms with Gasteiger partial charge >= 0.3 is 0 Å². The summed E-state index contributed by atoms with van der Waals surface area (Å²) in [6.45, 7) is 3.78. The van der Waals surface area contributed by atoms with Crippen molar-refractivity contribution in [1.29, 1.82) is 0 Å². The maximum Gasteiger partial charge on any atom is 0.254 e. The average molecular weight is 286 g/mol. The van der Waals surface area contributed by atoms with Crippen LogP contribution in [0.3, 0.4) is 0 Å². The van der Waals surface area contributed by atoms with Crippen molar-refractivity contribution in [3.8, 4) is 0 Å². The van der Waals surface area contributed by atoms with Crippen molar-refractivity contribution in [3.05, 3.63) is 29.8 Å². The van der Waals surface area contributed by atoms with Gasteiger partial charge in [0.15, 0.2) is 0 Å². The molecule has 0 heterocycles. The van der Waals surface area contributed by atoms with Gasteiger partial charge < -0.3 is 16.0 Å². The van der Waals surface area contributed by atoms with Gasteiger partial charge in [-0.1, -0.05) is 6.07 Å². The molecule has 0 saturated heterocycles. The second-order valence-corrected chi connectivity index (χ2v) is 4.51. The van der Waals surface area contributed by atoms with E-state index in [0.717, 1.165) is 0 Å². The highest BCUT2D eigenvalue weighted by atomic mass is 35.5. The van der Waals surface area contributed by atoms with Crippen LogP contribution in [0, 0.1) is 0 Å². The van der Waals surface area contributed by atoms with Crippen LogP contribution >= 0.6 is 12.4 Å². The third-order valence-corrected chi connectivity index (χ3v) is 2.31. The van der Waals surface area contributed by atoms with Crippen LogP contribution in [0.4, 0.5) is 5.69 Å². The molecule has 2 amide bonds. The topological polar surface area (TPSA) is 75.4 Å². The number of likely N-dealkylation sites (N-methyl/N-ethyl adjacent to an activating group) is 1. The number of rotatable bonds is 4. The Bertz CT molecular complexity index is 449. The van der Waals surface area contributed by atoms with Crippen LogP contribution in [0.25, 0.3) is 0 Å².